The van der Waals surface area contributed by atoms with Gasteiger partial charge < -0.3 is 0 Å². The number of nitrogens with one attached hydrogen (secondary N) is 2. The molecule has 8 unspecified atom stereocenters. The van der Waals surface area contributed by atoms with E-state index in [-0.39, 0.29) is 65.0 Å². The first-order valence-corrected chi connectivity index (χ1v) is 17.0. The Morgan fingerprint density at radius 2 is 0.953 bits per heavy atom. The molecular formula is C38H51N3O2. The van der Waals surface area contributed by atoms with E-state index in [1.54, 1.807) is 0 Å². The molecule has 0 bridgehead atoms. The summed E-state index contributed by atoms with van der Waals surface area (Å²) in [4.78, 5) is 30.8. The number of nitrogens with zero attached hydrogens (tertiary/aromatic N) is 1. The predicted molar refractivity (Wildman–Crippen MR) is 172 cm³/mol. The van der Waals surface area contributed by atoms with E-state index < -0.39 is 0 Å². The Bertz CT molecular complexity index is 1260. The van der Waals surface area contributed by atoms with E-state index in [2.05, 4.69) is 106 Å². The van der Waals surface area contributed by atoms with Crippen molar-refractivity contribution < 1.29 is 9.59 Å². The van der Waals surface area contributed by atoms with Crippen LogP contribution in [0.3, 0.4) is 0 Å². The van der Waals surface area contributed by atoms with E-state index in [0.717, 1.165) is 44.9 Å². The Morgan fingerprint density at radius 1 is 0.558 bits per heavy atom. The highest BCUT2D eigenvalue weighted by atomic mass is 16.1. The summed E-state index contributed by atoms with van der Waals surface area (Å²) in [5.41, 5.74) is 5.54. The third kappa shape index (κ3) is 5.04. The van der Waals surface area contributed by atoms with Gasteiger partial charge in [0.15, 0.2) is 0 Å². The monoisotopic (exact) mass is 581 g/mol. The summed E-state index contributed by atoms with van der Waals surface area (Å²) in [6.45, 7) is 13.5. The second-order valence-corrected chi connectivity index (χ2v) is 16.3. The van der Waals surface area contributed by atoms with Gasteiger partial charge in [-0.15, -0.1) is 0 Å². The van der Waals surface area contributed by atoms with Crippen molar-refractivity contribution in [2.24, 2.45) is 23.7 Å². The van der Waals surface area contributed by atoms with Crippen molar-refractivity contribution >= 4 is 11.6 Å². The Morgan fingerprint density at radius 3 is 1.33 bits per heavy atom. The lowest BCUT2D eigenvalue weighted by atomic mass is 9.60. The predicted octanol–water partition coefficient (Wildman–Crippen LogP) is 6.97. The summed E-state index contributed by atoms with van der Waals surface area (Å²) in [6, 6.07) is 18.7. The van der Waals surface area contributed by atoms with Gasteiger partial charge in [-0.2, -0.15) is 0 Å². The van der Waals surface area contributed by atoms with Crippen molar-refractivity contribution in [1.82, 2.24) is 15.5 Å². The largest absolute Gasteiger partial charge is 0.299 e. The minimum absolute atomic E-state index is 0.00723. The molecule has 43 heavy (non-hydrogen) atoms. The van der Waals surface area contributed by atoms with Crippen LogP contribution in [-0.4, -0.2) is 34.8 Å². The zero-order valence-electron chi connectivity index (χ0n) is 27.0. The molecule has 0 aromatic heterocycles. The number of hydrogen-bond acceptors (Lipinski definition) is 5. The van der Waals surface area contributed by atoms with Crippen LogP contribution >= 0.6 is 0 Å². The van der Waals surface area contributed by atoms with Crippen molar-refractivity contribution in [2.45, 2.75) is 128 Å². The van der Waals surface area contributed by atoms with Crippen molar-refractivity contribution in [1.29, 1.82) is 0 Å². The van der Waals surface area contributed by atoms with Gasteiger partial charge in [-0.3, -0.25) is 25.1 Å². The van der Waals surface area contributed by atoms with E-state index in [0.29, 0.717) is 11.6 Å². The average molecular weight is 582 g/mol. The lowest BCUT2D eigenvalue weighted by Crippen LogP contribution is -2.78. The smallest absolute Gasteiger partial charge is 0.143 e. The number of hydrogen-bond donors (Lipinski definition) is 2. The maximum Gasteiger partial charge on any atom is 0.143 e. The van der Waals surface area contributed by atoms with Crippen LogP contribution < -0.4 is 10.6 Å². The number of Topliss-reactive ketones (excluding diaryl/α,β-unsaturated/α-hetero) is 2. The van der Waals surface area contributed by atoms with Crippen molar-refractivity contribution in [3.8, 4) is 0 Å². The van der Waals surface area contributed by atoms with Gasteiger partial charge in [0, 0.05) is 41.8 Å². The topological polar surface area (TPSA) is 61.4 Å². The molecule has 1 saturated carbocycles. The average Bonchev–Trinajstić information content (AvgIpc) is 2.99. The van der Waals surface area contributed by atoms with Crippen molar-refractivity contribution in [2.75, 3.05) is 0 Å². The van der Waals surface area contributed by atoms with Gasteiger partial charge in [0.1, 0.15) is 11.6 Å². The molecule has 0 radical (unpaired) electrons. The second kappa shape index (κ2) is 10.6. The van der Waals surface area contributed by atoms with Crippen LogP contribution in [0.5, 0.6) is 0 Å². The standard InChI is InChI=1S/C38H51N3O2/c1-37(2,3)24-14-10-22(11-15-24)30-20-18-28-33(42)26-8-7-9-27-32(26)41(35(28)39-30)36-29(34(27)43)19-21-31(40-36)23-12-16-25(17-13-23)38(4,5)6/h10-17,26-32,35-36,39-40H,7-9,18-21H2,1-6H3. The van der Waals surface area contributed by atoms with E-state index in [1.165, 1.54) is 22.3 Å². The van der Waals surface area contributed by atoms with Gasteiger partial charge in [0.2, 0.25) is 0 Å². The van der Waals surface area contributed by atoms with Crippen LogP contribution in [0, 0.1) is 23.7 Å². The zero-order valence-corrected chi connectivity index (χ0v) is 27.0. The van der Waals surface area contributed by atoms with Crippen LogP contribution in [0.4, 0.5) is 0 Å². The van der Waals surface area contributed by atoms with Gasteiger partial charge in [0.25, 0.3) is 0 Å². The van der Waals surface area contributed by atoms with Crippen LogP contribution in [0.25, 0.3) is 0 Å². The molecule has 0 spiro atoms. The minimum atomic E-state index is -0.0366. The van der Waals surface area contributed by atoms with Crippen LogP contribution in [0.1, 0.15) is 121 Å². The quantitative estimate of drug-likeness (QED) is 0.401. The molecule has 8 atom stereocenters. The molecule has 1 aliphatic carbocycles. The minimum Gasteiger partial charge on any atom is -0.299 e. The van der Waals surface area contributed by atoms with Gasteiger partial charge >= 0.3 is 0 Å². The highest BCUT2D eigenvalue weighted by Gasteiger charge is 2.61. The summed E-state index contributed by atoms with van der Waals surface area (Å²) in [5, 5.41) is 8.06. The Labute approximate surface area is 258 Å². The molecule has 230 valence electrons. The fraction of sp³-hybridized carbons (Fsp3) is 0.632. The Balaban J connectivity index is 1.21. The molecule has 2 N–H and O–H groups in total. The molecule has 5 aliphatic rings. The molecule has 0 amide bonds. The maximum absolute atomic E-state index is 14.1. The molecule has 4 saturated heterocycles. The van der Waals surface area contributed by atoms with Gasteiger partial charge in [-0.05, 0) is 71.6 Å². The van der Waals surface area contributed by atoms with Crippen molar-refractivity contribution in [3.05, 3.63) is 70.8 Å². The molecule has 5 fully saturated rings. The number of fused-ring (bicyclic) bond motifs is 4. The van der Waals surface area contributed by atoms with Crippen molar-refractivity contribution in [3.63, 3.8) is 0 Å². The number of piperidine rings is 4. The normalized spacial score (nSPS) is 36.5. The zero-order chi connectivity index (χ0) is 30.3. The summed E-state index contributed by atoms with van der Waals surface area (Å²) in [7, 11) is 0. The lowest BCUT2D eigenvalue weighted by Gasteiger charge is -2.63. The Hall–Kier alpha value is -2.34. The first-order valence-electron chi connectivity index (χ1n) is 17.0. The van der Waals surface area contributed by atoms with E-state index in [9.17, 15) is 9.59 Å². The molecular weight excluding hydrogens is 530 g/mol. The fourth-order valence-electron chi connectivity index (χ4n) is 9.27. The van der Waals surface area contributed by atoms with Gasteiger partial charge in [-0.1, -0.05) is 96.5 Å². The molecule has 5 nitrogen and oxygen atoms in total. The summed E-state index contributed by atoms with van der Waals surface area (Å²) in [6.07, 6.45) is 6.55. The molecule has 2 aromatic rings. The molecule has 4 heterocycles. The van der Waals surface area contributed by atoms with Gasteiger partial charge in [0.05, 0.1) is 12.3 Å². The third-order valence-electron chi connectivity index (χ3n) is 11.7. The van der Waals surface area contributed by atoms with Gasteiger partial charge in [-0.25, -0.2) is 0 Å². The second-order valence-electron chi connectivity index (χ2n) is 16.3. The lowest BCUT2D eigenvalue weighted by molar-refractivity contribution is -0.180. The first kappa shape index (κ1) is 29.4. The molecule has 2 aromatic carbocycles. The van der Waals surface area contributed by atoms with E-state index >= 15 is 0 Å². The van der Waals surface area contributed by atoms with E-state index in [4.69, 9.17) is 0 Å². The molecule has 5 heteroatoms. The number of rotatable bonds is 2. The fourth-order valence-corrected chi connectivity index (χ4v) is 9.27. The Kier molecular flexibility index (Phi) is 7.26. The first-order chi connectivity index (χ1) is 20.4. The molecule has 7 rings (SSSR count). The summed E-state index contributed by atoms with van der Waals surface area (Å²) < 4.78 is 0. The van der Waals surface area contributed by atoms with Crippen LogP contribution in [0.15, 0.2) is 48.5 Å². The van der Waals surface area contributed by atoms with Crippen LogP contribution in [0.2, 0.25) is 0 Å². The summed E-state index contributed by atoms with van der Waals surface area (Å²) in [5.74, 6) is 0.798. The number of carbonyl (C=O) groups is 2. The van der Waals surface area contributed by atoms with E-state index in [1.807, 2.05) is 0 Å². The maximum atomic E-state index is 14.1. The summed E-state index contributed by atoms with van der Waals surface area (Å²) >= 11 is 0. The SMILES string of the molecule is CC(C)(C)c1ccc(C2CCC3C(=O)C4CCCC5C(=O)C6CCC(c7ccc(C(C)(C)C)cc7)NC6N(C3N2)C45)cc1. The number of ketones is 2. The van der Waals surface area contributed by atoms with Crippen LogP contribution in [-0.2, 0) is 20.4 Å². The third-order valence-corrected chi connectivity index (χ3v) is 11.7. The highest BCUT2D eigenvalue weighted by molar-refractivity contribution is 5.91. The molecule has 4 aliphatic heterocycles. The number of benzene rings is 2. The highest BCUT2D eigenvalue weighted by Crippen LogP contribution is 2.51. The number of carbonyl (C=O) groups excluding carboxylic acids is 2.